The maximum absolute atomic E-state index is 11.5. The molecular formula is C13H18NO3P. The van der Waals surface area contributed by atoms with E-state index >= 15 is 0 Å². The molecule has 0 bridgehead atoms. The first-order valence-electron chi connectivity index (χ1n) is 6.03. The van der Waals surface area contributed by atoms with Crippen LogP contribution < -0.4 is 0 Å². The van der Waals surface area contributed by atoms with E-state index in [0.29, 0.717) is 25.9 Å². The highest BCUT2D eigenvalue weighted by atomic mass is 31.0. The summed E-state index contributed by atoms with van der Waals surface area (Å²) >= 11 is 0. The van der Waals surface area contributed by atoms with E-state index in [0.717, 1.165) is 5.56 Å². The summed E-state index contributed by atoms with van der Waals surface area (Å²) in [6.07, 6.45) is 1.16. The number of hydrogen-bond acceptors (Lipinski definition) is 3. The van der Waals surface area contributed by atoms with Gasteiger partial charge in [0, 0.05) is 13.1 Å². The van der Waals surface area contributed by atoms with Crippen molar-refractivity contribution in [3.63, 3.8) is 0 Å². The Morgan fingerprint density at radius 3 is 2.33 bits per heavy atom. The third kappa shape index (κ3) is 3.08. The number of benzene rings is 1. The number of aliphatic carboxylic acids is 1. The van der Waals surface area contributed by atoms with Crippen LogP contribution in [0.1, 0.15) is 24.4 Å². The van der Waals surface area contributed by atoms with Gasteiger partial charge in [-0.25, -0.2) is 0 Å². The van der Waals surface area contributed by atoms with Crippen LogP contribution in [-0.2, 0) is 4.79 Å². The van der Waals surface area contributed by atoms with Crippen LogP contribution in [0, 0.1) is 0 Å². The molecule has 2 atom stereocenters. The van der Waals surface area contributed by atoms with Gasteiger partial charge in [-0.05, 0) is 18.4 Å². The smallest absolute Gasteiger partial charge is 0.325 e. The second-order valence-corrected chi connectivity index (χ2v) is 5.87. The Labute approximate surface area is 109 Å². The predicted molar refractivity (Wildman–Crippen MR) is 72.3 cm³/mol. The third-order valence-electron chi connectivity index (χ3n) is 3.38. The second kappa shape index (κ2) is 5.35. The molecule has 4 nitrogen and oxygen atoms in total. The minimum absolute atomic E-state index is 0.578. The number of carbonyl (C=O) groups is 1. The largest absolute Gasteiger partial charge is 0.480 e. The van der Waals surface area contributed by atoms with Crippen molar-refractivity contribution >= 4 is 15.2 Å². The molecule has 18 heavy (non-hydrogen) atoms. The molecule has 2 rings (SSSR count). The summed E-state index contributed by atoms with van der Waals surface area (Å²) in [7, 11) is 2.45. The number of aliphatic hydroxyl groups is 1. The van der Waals surface area contributed by atoms with E-state index in [1.807, 2.05) is 35.2 Å². The Bertz CT molecular complexity index is 412. The van der Waals surface area contributed by atoms with Crippen LogP contribution in [0.2, 0.25) is 0 Å². The molecule has 1 aliphatic rings. The first-order chi connectivity index (χ1) is 8.49. The van der Waals surface area contributed by atoms with Crippen molar-refractivity contribution in [3.05, 3.63) is 35.9 Å². The van der Waals surface area contributed by atoms with Crippen LogP contribution >= 0.6 is 9.24 Å². The van der Waals surface area contributed by atoms with Gasteiger partial charge in [0.05, 0.1) is 5.34 Å². The highest BCUT2D eigenvalue weighted by Crippen LogP contribution is 2.32. The lowest BCUT2D eigenvalue weighted by Crippen LogP contribution is -2.44. The van der Waals surface area contributed by atoms with Crippen molar-refractivity contribution < 1.29 is 15.0 Å². The van der Waals surface area contributed by atoms with E-state index in [-0.39, 0.29) is 0 Å². The van der Waals surface area contributed by atoms with Gasteiger partial charge in [0.1, 0.15) is 6.04 Å². The fourth-order valence-electron chi connectivity index (χ4n) is 2.31. The van der Waals surface area contributed by atoms with E-state index in [1.165, 1.54) is 0 Å². The standard InChI is InChI=1S/C13H18NO3P/c15-12(16)11(10-4-2-1-3-5-10)14-8-6-13(17,18)7-9-14/h1-5,11,17H,6-9,18H2,(H,15,16). The number of carboxylic acids is 1. The second-order valence-electron chi connectivity index (χ2n) is 4.79. The van der Waals surface area contributed by atoms with Gasteiger partial charge in [-0.2, -0.15) is 0 Å². The van der Waals surface area contributed by atoms with Crippen molar-refractivity contribution in [2.75, 3.05) is 13.1 Å². The number of carboxylic acid groups (broad SMARTS) is 1. The maximum atomic E-state index is 11.5. The SMILES string of the molecule is O=C(O)C(c1ccccc1)N1CCC(O)(P)CC1. The van der Waals surface area contributed by atoms with Crippen molar-refractivity contribution in [3.8, 4) is 0 Å². The van der Waals surface area contributed by atoms with E-state index in [1.54, 1.807) is 0 Å². The zero-order chi connectivity index (χ0) is 13.2. The number of hydrogen-bond donors (Lipinski definition) is 2. The maximum Gasteiger partial charge on any atom is 0.325 e. The van der Waals surface area contributed by atoms with Gasteiger partial charge in [-0.1, -0.05) is 30.3 Å². The summed E-state index contributed by atoms with van der Waals surface area (Å²) in [4.78, 5) is 13.4. The molecule has 2 N–H and O–H groups in total. The van der Waals surface area contributed by atoms with E-state index in [4.69, 9.17) is 0 Å². The zero-order valence-electron chi connectivity index (χ0n) is 10.1. The molecule has 0 aliphatic carbocycles. The van der Waals surface area contributed by atoms with Gasteiger partial charge in [0.25, 0.3) is 0 Å². The highest BCUT2D eigenvalue weighted by molar-refractivity contribution is 7.18. The van der Waals surface area contributed by atoms with Gasteiger partial charge in [-0.3, -0.25) is 9.69 Å². The first kappa shape index (κ1) is 13.5. The van der Waals surface area contributed by atoms with E-state index < -0.39 is 17.4 Å². The Balaban J connectivity index is 2.15. The van der Waals surface area contributed by atoms with Crippen LogP contribution in [0.3, 0.4) is 0 Å². The van der Waals surface area contributed by atoms with Crippen LogP contribution in [-0.4, -0.2) is 39.5 Å². The highest BCUT2D eigenvalue weighted by Gasteiger charge is 2.34. The normalized spacial score (nSPS) is 21.4. The molecular weight excluding hydrogens is 249 g/mol. The summed E-state index contributed by atoms with van der Waals surface area (Å²) in [5.74, 6) is -0.838. The molecule has 5 heteroatoms. The monoisotopic (exact) mass is 267 g/mol. The number of likely N-dealkylation sites (tertiary alicyclic amines) is 1. The Hall–Kier alpha value is -0.960. The van der Waals surface area contributed by atoms with E-state index in [2.05, 4.69) is 9.24 Å². The summed E-state index contributed by atoms with van der Waals surface area (Å²) in [5, 5.41) is 18.5. The molecule has 1 fully saturated rings. The summed E-state index contributed by atoms with van der Waals surface area (Å²) < 4.78 is 0. The molecule has 0 radical (unpaired) electrons. The van der Waals surface area contributed by atoms with Crippen LogP contribution in [0.15, 0.2) is 30.3 Å². The molecule has 2 unspecified atom stereocenters. The minimum atomic E-state index is -0.838. The van der Waals surface area contributed by atoms with Crippen LogP contribution in [0.25, 0.3) is 0 Å². The predicted octanol–water partition coefficient (Wildman–Crippen LogP) is 1.47. The van der Waals surface area contributed by atoms with Crippen molar-refractivity contribution in [2.45, 2.75) is 24.2 Å². The van der Waals surface area contributed by atoms with Crippen molar-refractivity contribution in [2.24, 2.45) is 0 Å². The van der Waals surface area contributed by atoms with E-state index in [9.17, 15) is 15.0 Å². The molecule has 1 saturated heterocycles. The topological polar surface area (TPSA) is 60.8 Å². The number of rotatable bonds is 3. The van der Waals surface area contributed by atoms with Crippen molar-refractivity contribution in [1.82, 2.24) is 4.90 Å². The zero-order valence-corrected chi connectivity index (χ0v) is 11.3. The Morgan fingerprint density at radius 2 is 1.83 bits per heavy atom. The number of nitrogens with zero attached hydrogens (tertiary/aromatic N) is 1. The third-order valence-corrected chi connectivity index (χ3v) is 3.96. The van der Waals surface area contributed by atoms with Gasteiger partial charge in [0.15, 0.2) is 0 Å². The molecule has 1 aliphatic heterocycles. The van der Waals surface area contributed by atoms with Crippen molar-refractivity contribution in [1.29, 1.82) is 0 Å². The Kier molecular flexibility index (Phi) is 4.00. The average molecular weight is 267 g/mol. The van der Waals surface area contributed by atoms with Crippen LogP contribution in [0.4, 0.5) is 0 Å². The molecule has 98 valence electrons. The lowest BCUT2D eigenvalue weighted by atomic mass is 10.0. The first-order valence-corrected chi connectivity index (χ1v) is 6.60. The molecule has 0 amide bonds. The summed E-state index contributed by atoms with van der Waals surface area (Å²) in [6, 6.07) is 8.62. The molecule has 0 aromatic heterocycles. The van der Waals surface area contributed by atoms with Gasteiger partial charge >= 0.3 is 5.97 Å². The van der Waals surface area contributed by atoms with Crippen LogP contribution in [0.5, 0.6) is 0 Å². The molecule has 1 aromatic rings. The van der Waals surface area contributed by atoms with Gasteiger partial charge in [0.2, 0.25) is 0 Å². The minimum Gasteiger partial charge on any atom is -0.480 e. The fourth-order valence-corrected chi connectivity index (χ4v) is 2.57. The molecule has 0 saturated carbocycles. The van der Waals surface area contributed by atoms with Gasteiger partial charge in [-0.15, -0.1) is 9.24 Å². The fraction of sp³-hybridized carbons (Fsp3) is 0.462. The lowest BCUT2D eigenvalue weighted by Gasteiger charge is -2.38. The number of piperidine rings is 1. The van der Waals surface area contributed by atoms with Gasteiger partial charge < -0.3 is 10.2 Å². The lowest BCUT2D eigenvalue weighted by molar-refractivity contribution is -0.144. The summed E-state index contributed by atoms with van der Waals surface area (Å²) in [6.45, 7) is 1.18. The average Bonchev–Trinajstić information content (AvgIpc) is 2.33. The molecule has 1 aromatic carbocycles. The molecule has 0 spiro atoms. The summed E-state index contributed by atoms with van der Waals surface area (Å²) in [5.41, 5.74) is 0.791. The Morgan fingerprint density at radius 1 is 1.28 bits per heavy atom. The molecule has 1 heterocycles. The quantitative estimate of drug-likeness (QED) is 0.814.